The first-order chi connectivity index (χ1) is 22.1. The van der Waals surface area contributed by atoms with Crippen LogP contribution in [-0.4, -0.2) is 88.4 Å². The molecule has 0 aliphatic carbocycles. The normalized spacial score (nSPS) is 13.9. The predicted octanol–water partition coefficient (Wildman–Crippen LogP) is 5.81. The van der Waals surface area contributed by atoms with E-state index in [1.54, 1.807) is 62.5 Å². The van der Waals surface area contributed by atoms with E-state index in [4.69, 9.17) is 28.4 Å². The minimum absolute atomic E-state index is 0.0347. The standard InChI is InChI=1S/C36H46N2O8/c1-25(2)45-35-29(41-5)21-27(22-30(35)42-6)13-9-11-15-33(39)37-17-19-38(20-18-37)34(40)16-12-10-14-28-23-31(43-7)36(46-26(3)4)32(24-28)44-8/h9-16,21-26H,17-20H2,1-8H3/b13-9+,14-10+,15-11+,16-12+. The number of piperazine rings is 1. The van der Waals surface area contributed by atoms with Crippen LogP contribution in [0.4, 0.5) is 0 Å². The van der Waals surface area contributed by atoms with Gasteiger partial charge in [-0.1, -0.05) is 36.5 Å². The Bertz CT molecular complexity index is 1290. The van der Waals surface area contributed by atoms with Gasteiger partial charge in [0.05, 0.1) is 40.6 Å². The summed E-state index contributed by atoms with van der Waals surface area (Å²) in [6.07, 6.45) is 13.7. The Balaban J connectivity index is 1.52. The molecule has 0 aromatic heterocycles. The summed E-state index contributed by atoms with van der Waals surface area (Å²) in [5, 5.41) is 0. The van der Waals surface area contributed by atoms with Crippen LogP contribution >= 0.6 is 0 Å². The van der Waals surface area contributed by atoms with Crippen LogP contribution in [0.5, 0.6) is 34.5 Å². The molecule has 1 fully saturated rings. The molecule has 10 heteroatoms. The van der Waals surface area contributed by atoms with Crippen molar-refractivity contribution in [3.63, 3.8) is 0 Å². The van der Waals surface area contributed by atoms with E-state index in [2.05, 4.69) is 0 Å². The largest absolute Gasteiger partial charge is 0.493 e. The molecule has 0 N–H and O–H groups in total. The minimum atomic E-state index is -0.110. The van der Waals surface area contributed by atoms with Gasteiger partial charge in [-0.25, -0.2) is 0 Å². The number of carbonyl (C=O) groups is 2. The van der Waals surface area contributed by atoms with Crippen LogP contribution in [0.1, 0.15) is 38.8 Å². The van der Waals surface area contributed by atoms with E-state index < -0.39 is 0 Å². The Hall–Kier alpha value is -4.86. The van der Waals surface area contributed by atoms with Crippen LogP contribution in [0, 0.1) is 0 Å². The number of benzene rings is 2. The molecule has 2 aromatic carbocycles. The third kappa shape index (κ3) is 10.1. The fourth-order valence-electron chi connectivity index (χ4n) is 4.66. The first kappa shape index (κ1) is 35.6. The van der Waals surface area contributed by atoms with Gasteiger partial charge in [-0.2, -0.15) is 0 Å². The highest BCUT2D eigenvalue weighted by atomic mass is 16.5. The van der Waals surface area contributed by atoms with Gasteiger partial charge < -0.3 is 38.2 Å². The molecule has 3 rings (SSSR count). The van der Waals surface area contributed by atoms with E-state index in [0.717, 1.165) is 11.1 Å². The lowest BCUT2D eigenvalue weighted by molar-refractivity contribution is -0.134. The molecule has 0 saturated carbocycles. The first-order valence-corrected chi connectivity index (χ1v) is 15.2. The SMILES string of the molecule is COc1cc(/C=C/C=C/C(=O)N2CCN(C(=O)/C=C/C=C/c3cc(OC)c(OC(C)C)c(OC)c3)CC2)cc(OC)c1OC(C)C. The quantitative estimate of drug-likeness (QED) is 0.190. The van der Waals surface area contributed by atoms with E-state index >= 15 is 0 Å². The van der Waals surface area contributed by atoms with Crippen molar-refractivity contribution >= 4 is 24.0 Å². The number of amides is 2. The van der Waals surface area contributed by atoms with Crippen LogP contribution in [0.25, 0.3) is 12.2 Å². The summed E-state index contributed by atoms with van der Waals surface area (Å²) in [5.74, 6) is 3.14. The highest BCUT2D eigenvalue weighted by Gasteiger charge is 2.22. The van der Waals surface area contributed by atoms with Crippen LogP contribution in [0.2, 0.25) is 0 Å². The Kier molecular flexibility index (Phi) is 13.6. The Morgan fingerprint density at radius 1 is 0.565 bits per heavy atom. The number of rotatable bonds is 14. The third-order valence-corrected chi connectivity index (χ3v) is 6.85. The Labute approximate surface area is 272 Å². The van der Waals surface area contributed by atoms with Crippen molar-refractivity contribution in [2.24, 2.45) is 0 Å². The minimum Gasteiger partial charge on any atom is -0.493 e. The second kappa shape index (κ2) is 17.6. The lowest BCUT2D eigenvalue weighted by Gasteiger charge is -2.33. The maximum atomic E-state index is 12.7. The number of allylic oxidation sites excluding steroid dienone is 4. The summed E-state index contributed by atoms with van der Waals surface area (Å²) >= 11 is 0. The molecule has 0 radical (unpaired) electrons. The van der Waals surface area contributed by atoms with Crippen LogP contribution in [-0.2, 0) is 9.59 Å². The second-order valence-electron chi connectivity index (χ2n) is 10.9. The Morgan fingerprint density at radius 3 is 1.13 bits per heavy atom. The molecule has 1 aliphatic heterocycles. The molecule has 0 unspecified atom stereocenters. The number of ether oxygens (including phenoxy) is 6. The van der Waals surface area contributed by atoms with E-state index in [-0.39, 0.29) is 24.0 Å². The molecular weight excluding hydrogens is 588 g/mol. The highest BCUT2D eigenvalue weighted by molar-refractivity contribution is 5.90. The Morgan fingerprint density at radius 2 is 0.870 bits per heavy atom. The average molecular weight is 635 g/mol. The third-order valence-electron chi connectivity index (χ3n) is 6.85. The number of methoxy groups -OCH3 is 4. The molecule has 0 bridgehead atoms. The number of nitrogens with zero attached hydrogens (tertiary/aromatic N) is 2. The summed E-state index contributed by atoms with van der Waals surface area (Å²) in [5.41, 5.74) is 1.68. The van der Waals surface area contributed by atoms with E-state index in [1.807, 2.05) is 64.1 Å². The second-order valence-corrected chi connectivity index (χ2v) is 10.9. The predicted molar refractivity (Wildman–Crippen MR) is 180 cm³/mol. The van der Waals surface area contributed by atoms with Gasteiger partial charge in [-0.3, -0.25) is 9.59 Å². The zero-order valence-corrected chi connectivity index (χ0v) is 28.1. The van der Waals surface area contributed by atoms with Crippen molar-refractivity contribution in [1.82, 2.24) is 9.80 Å². The zero-order chi connectivity index (χ0) is 33.6. The summed E-state index contributed by atoms with van der Waals surface area (Å²) in [4.78, 5) is 28.9. The molecule has 46 heavy (non-hydrogen) atoms. The molecule has 2 amide bonds. The van der Waals surface area contributed by atoms with E-state index in [0.29, 0.717) is 60.7 Å². The number of hydrogen-bond acceptors (Lipinski definition) is 8. The fourth-order valence-corrected chi connectivity index (χ4v) is 4.66. The van der Waals surface area contributed by atoms with Crippen molar-refractivity contribution in [3.05, 3.63) is 71.8 Å². The van der Waals surface area contributed by atoms with Crippen LogP contribution < -0.4 is 28.4 Å². The van der Waals surface area contributed by atoms with Crippen molar-refractivity contribution in [2.75, 3.05) is 54.6 Å². The van der Waals surface area contributed by atoms with Crippen molar-refractivity contribution in [1.29, 1.82) is 0 Å². The summed E-state index contributed by atoms with van der Waals surface area (Å²) < 4.78 is 33.6. The summed E-state index contributed by atoms with van der Waals surface area (Å²) in [6.45, 7) is 9.57. The average Bonchev–Trinajstić information content (AvgIpc) is 3.05. The maximum absolute atomic E-state index is 12.7. The highest BCUT2D eigenvalue weighted by Crippen LogP contribution is 2.40. The van der Waals surface area contributed by atoms with Crippen molar-refractivity contribution in [2.45, 2.75) is 39.9 Å². The lowest BCUT2D eigenvalue weighted by Crippen LogP contribution is -2.49. The van der Waals surface area contributed by atoms with Gasteiger partial charge in [0.25, 0.3) is 0 Å². The van der Waals surface area contributed by atoms with Crippen molar-refractivity contribution < 1.29 is 38.0 Å². The summed E-state index contributed by atoms with van der Waals surface area (Å²) in [6, 6.07) is 7.40. The van der Waals surface area contributed by atoms with E-state index in [1.165, 1.54) is 12.2 Å². The van der Waals surface area contributed by atoms with Gasteiger partial charge in [-0.15, -0.1) is 0 Å². The van der Waals surface area contributed by atoms with Gasteiger partial charge in [0.2, 0.25) is 23.3 Å². The molecule has 10 nitrogen and oxygen atoms in total. The molecule has 2 aromatic rings. The zero-order valence-electron chi connectivity index (χ0n) is 28.1. The van der Waals surface area contributed by atoms with Gasteiger partial charge in [-0.05, 0) is 63.1 Å². The van der Waals surface area contributed by atoms with E-state index in [9.17, 15) is 9.59 Å². The molecule has 0 atom stereocenters. The summed E-state index contributed by atoms with van der Waals surface area (Å²) in [7, 11) is 6.32. The van der Waals surface area contributed by atoms with Crippen LogP contribution in [0.3, 0.4) is 0 Å². The van der Waals surface area contributed by atoms with Crippen molar-refractivity contribution in [3.8, 4) is 34.5 Å². The van der Waals surface area contributed by atoms with Gasteiger partial charge in [0.1, 0.15) is 0 Å². The first-order valence-electron chi connectivity index (χ1n) is 15.2. The maximum Gasteiger partial charge on any atom is 0.246 e. The lowest BCUT2D eigenvalue weighted by atomic mass is 10.1. The smallest absolute Gasteiger partial charge is 0.246 e. The molecular formula is C36H46N2O8. The van der Waals surface area contributed by atoms with Gasteiger partial charge >= 0.3 is 0 Å². The van der Waals surface area contributed by atoms with Gasteiger partial charge in [0.15, 0.2) is 23.0 Å². The molecule has 1 heterocycles. The molecule has 0 spiro atoms. The monoisotopic (exact) mass is 634 g/mol. The number of carbonyl (C=O) groups excluding carboxylic acids is 2. The fraction of sp³-hybridized carbons (Fsp3) is 0.389. The molecule has 248 valence electrons. The molecule has 1 aliphatic rings. The molecule has 1 saturated heterocycles. The topological polar surface area (TPSA) is 96.0 Å². The van der Waals surface area contributed by atoms with Crippen LogP contribution in [0.15, 0.2) is 60.7 Å². The van der Waals surface area contributed by atoms with Gasteiger partial charge in [0, 0.05) is 38.3 Å². The number of hydrogen-bond donors (Lipinski definition) is 0.